The molecule has 0 saturated heterocycles. The van der Waals surface area contributed by atoms with Crippen molar-refractivity contribution in [3.05, 3.63) is 29.3 Å². The van der Waals surface area contributed by atoms with Crippen LogP contribution < -0.4 is 5.73 Å². The van der Waals surface area contributed by atoms with Crippen LogP contribution in [0.25, 0.3) is 11.0 Å². The Morgan fingerprint density at radius 2 is 2.25 bits per heavy atom. The molecule has 5 heteroatoms. The molecule has 2 aromatic rings. The normalized spacial score (nSPS) is 15.1. The van der Waals surface area contributed by atoms with Gasteiger partial charge in [-0.25, -0.2) is 15.0 Å². The molecule has 0 aromatic carbocycles. The molecule has 0 fully saturated rings. The van der Waals surface area contributed by atoms with Crippen LogP contribution in [0.1, 0.15) is 17.0 Å². The summed E-state index contributed by atoms with van der Waals surface area (Å²) in [6.45, 7) is 0.365. The number of aromatic nitrogens is 3. The Balaban J connectivity index is 2.24. The van der Waals surface area contributed by atoms with E-state index in [0.29, 0.717) is 12.4 Å². The average Bonchev–Trinajstić information content (AvgIpc) is 2.38. The zero-order valence-electron chi connectivity index (χ0n) is 8.81. The molecule has 0 spiro atoms. The van der Waals surface area contributed by atoms with E-state index in [0.717, 1.165) is 23.2 Å². The number of nitrogens with zero attached hydrogens (tertiary/aromatic N) is 3. The van der Waals surface area contributed by atoms with Crippen LogP contribution in [0.5, 0.6) is 0 Å². The minimum absolute atomic E-state index is 0.365. The molecular weight excluding hydrogens is 220 g/mol. The number of aryl methyl sites for hydroxylation is 1. The van der Waals surface area contributed by atoms with Gasteiger partial charge in [0.1, 0.15) is 5.82 Å². The summed E-state index contributed by atoms with van der Waals surface area (Å²) in [4.78, 5) is 13.0. The van der Waals surface area contributed by atoms with E-state index in [-0.39, 0.29) is 0 Å². The summed E-state index contributed by atoms with van der Waals surface area (Å²) in [7, 11) is 0. The quantitative estimate of drug-likeness (QED) is 0.802. The van der Waals surface area contributed by atoms with E-state index in [9.17, 15) is 0 Å². The number of pyridine rings is 1. The summed E-state index contributed by atoms with van der Waals surface area (Å²) in [5.41, 5.74) is 8.99. The van der Waals surface area contributed by atoms with E-state index in [1.54, 1.807) is 0 Å². The Kier molecular flexibility index (Phi) is 2.49. The van der Waals surface area contributed by atoms with Gasteiger partial charge in [-0.3, -0.25) is 0 Å². The third-order valence-corrected chi connectivity index (χ3v) is 3.80. The first-order chi connectivity index (χ1) is 7.88. The zero-order valence-corrected chi connectivity index (χ0v) is 9.63. The summed E-state index contributed by atoms with van der Waals surface area (Å²) < 4.78 is 0. The fourth-order valence-electron chi connectivity index (χ4n) is 1.95. The summed E-state index contributed by atoms with van der Waals surface area (Å²) in [6.07, 6.45) is 4.91. The van der Waals surface area contributed by atoms with Crippen LogP contribution in [0.15, 0.2) is 12.4 Å². The fraction of sp³-hybridized carbons (Fsp3) is 0.364. The largest absolute Gasteiger partial charge is 0.324 e. The van der Waals surface area contributed by atoms with Crippen molar-refractivity contribution in [3.8, 4) is 0 Å². The standard InChI is InChI=1S/C11H12N4S/c12-3-10-13-5-8-9-6-16-2-1-7(9)4-14-11(8)15-10/h4-5H,1-3,6,12H2. The summed E-state index contributed by atoms with van der Waals surface area (Å²) in [6, 6.07) is 0. The third kappa shape index (κ3) is 1.56. The maximum absolute atomic E-state index is 5.52. The second kappa shape index (κ2) is 3.99. The van der Waals surface area contributed by atoms with Crippen LogP contribution in [0.3, 0.4) is 0 Å². The summed E-state index contributed by atoms with van der Waals surface area (Å²) in [5.74, 6) is 2.88. The molecule has 2 aromatic heterocycles. The van der Waals surface area contributed by atoms with Gasteiger partial charge in [0.25, 0.3) is 0 Å². The molecule has 0 saturated carbocycles. The van der Waals surface area contributed by atoms with E-state index in [4.69, 9.17) is 5.73 Å². The first-order valence-corrected chi connectivity index (χ1v) is 6.44. The van der Waals surface area contributed by atoms with Crippen molar-refractivity contribution in [2.75, 3.05) is 5.75 Å². The number of hydrogen-bond donors (Lipinski definition) is 1. The number of thioether (sulfide) groups is 1. The van der Waals surface area contributed by atoms with Gasteiger partial charge in [-0.05, 0) is 23.3 Å². The highest BCUT2D eigenvalue weighted by Crippen LogP contribution is 2.28. The first-order valence-electron chi connectivity index (χ1n) is 5.28. The van der Waals surface area contributed by atoms with Gasteiger partial charge in [-0.15, -0.1) is 0 Å². The number of rotatable bonds is 1. The van der Waals surface area contributed by atoms with E-state index in [1.165, 1.54) is 16.9 Å². The van der Waals surface area contributed by atoms with Gasteiger partial charge in [0.15, 0.2) is 5.65 Å². The average molecular weight is 232 g/mol. The Morgan fingerprint density at radius 3 is 3.12 bits per heavy atom. The second-order valence-electron chi connectivity index (χ2n) is 3.79. The molecule has 0 radical (unpaired) electrons. The van der Waals surface area contributed by atoms with Crippen molar-refractivity contribution >= 4 is 22.8 Å². The third-order valence-electron chi connectivity index (χ3n) is 2.82. The molecular formula is C11H12N4S. The molecule has 0 unspecified atom stereocenters. The second-order valence-corrected chi connectivity index (χ2v) is 4.90. The minimum atomic E-state index is 0.365. The smallest absolute Gasteiger partial charge is 0.163 e. The van der Waals surface area contributed by atoms with Gasteiger partial charge in [0.05, 0.1) is 6.54 Å². The van der Waals surface area contributed by atoms with Crippen LogP contribution in [-0.2, 0) is 18.7 Å². The Hall–Kier alpha value is -1.20. The number of hydrogen-bond acceptors (Lipinski definition) is 5. The number of fused-ring (bicyclic) bond motifs is 3. The molecule has 2 N–H and O–H groups in total. The predicted octanol–water partition coefficient (Wildman–Crippen LogP) is 1.27. The van der Waals surface area contributed by atoms with Crippen molar-refractivity contribution in [3.63, 3.8) is 0 Å². The Bertz CT molecular complexity index is 541. The topological polar surface area (TPSA) is 64.7 Å². The fourth-order valence-corrected chi connectivity index (χ4v) is 3.00. The SMILES string of the molecule is NCc1ncc2c3c(cnc2n1)CCSC3. The lowest BCUT2D eigenvalue weighted by atomic mass is 10.1. The molecule has 4 nitrogen and oxygen atoms in total. The minimum Gasteiger partial charge on any atom is -0.324 e. The van der Waals surface area contributed by atoms with Gasteiger partial charge in [0, 0.05) is 23.5 Å². The van der Waals surface area contributed by atoms with E-state index < -0.39 is 0 Å². The van der Waals surface area contributed by atoms with Crippen molar-refractivity contribution in [1.29, 1.82) is 0 Å². The van der Waals surface area contributed by atoms with Crippen molar-refractivity contribution in [2.45, 2.75) is 18.7 Å². The van der Waals surface area contributed by atoms with Gasteiger partial charge < -0.3 is 5.73 Å². The Morgan fingerprint density at radius 1 is 1.31 bits per heavy atom. The van der Waals surface area contributed by atoms with Crippen molar-refractivity contribution in [2.24, 2.45) is 5.73 Å². The van der Waals surface area contributed by atoms with Crippen LogP contribution in [-0.4, -0.2) is 20.7 Å². The van der Waals surface area contributed by atoms with Crippen molar-refractivity contribution in [1.82, 2.24) is 15.0 Å². The lowest BCUT2D eigenvalue weighted by Gasteiger charge is -2.16. The molecule has 0 atom stereocenters. The van der Waals surface area contributed by atoms with Gasteiger partial charge in [-0.1, -0.05) is 0 Å². The van der Waals surface area contributed by atoms with Crippen LogP contribution in [0.4, 0.5) is 0 Å². The predicted molar refractivity (Wildman–Crippen MR) is 65.1 cm³/mol. The van der Waals surface area contributed by atoms with Gasteiger partial charge >= 0.3 is 0 Å². The van der Waals surface area contributed by atoms with Gasteiger partial charge in [-0.2, -0.15) is 11.8 Å². The molecule has 0 aliphatic carbocycles. The lowest BCUT2D eigenvalue weighted by Crippen LogP contribution is -2.07. The van der Waals surface area contributed by atoms with Crippen molar-refractivity contribution < 1.29 is 0 Å². The Labute approximate surface area is 97.7 Å². The summed E-state index contributed by atoms with van der Waals surface area (Å²) in [5, 5.41) is 1.09. The molecule has 1 aliphatic rings. The van der Waals surface area contributed by atoms with E-state index >= 15 is 0 Å². The highest BCUT2D eigenvalue weighted by molar-refractivity contribution is 7.98. The monoisotopic (exact) mass is 232 g/mol. The van der Waals surface area contributed by atoms with E-state index in [1.807, 2.05) is 24.2 Å². The van der Waals surface area contributed by atoms with E-state index in [2.05, 4.69) is 15.0 Å². The first kappa shape index (κ1) is 9.99. The summed E-state index contributed by atoms with van der Waals surface area (Å²) >= 11 is 1.95. The number of nitrogens with two attached hydrogens (primary N) is 1. The highest BCUT2D eigenvalue weighted by Gasteiger charge is 2.14. The lowest BCUT2D eigenvalue weighted by molar-refractivity contribution is 0.917. The molecule has 3 heterocycles. The molecule has 1 aliphatic heterocycles. The molecule has 16 heavy (non-hydrogen) atoms. The molecule has 82 valence electrons. The molecule has 0 amide bonds. The maximum atomic E-state index is 5.52. The van der Waals surface area contributed by atoms with Crippen LogP contribution in [0.2, 0.25) is 0 Å². The highest BCUT2D eigenvalue weighted by atomic mass is 32.2. The van der Waals surface area contributed by atoms with Gasteiger partial charge in [0.2, 0.25) is 0 Å². The molecule has 0 bridgehead atoms. The van der Waals surface area contributed by atoms with Crippen LogP contribution in [0, 0.1) is 0 Å². The maximum Gasteiger partial charge on any atom is 0.163 e. The van der Waals surface area contributed by atoms with Crippen LogP contribution >= 0.6 is 11.8 Å². The zero-order chi connectivity index (χ0) is 11.0. The molecule has 3 rings (SSSR count).